The minimum atomic E-state index is 0.178. The number of thiocarbonyl (C=S) groups is 1. The van der Waals surface area contributed by atoms with Gasteiger partial charge in [0.25, 0.3) is 0 Å². The molecule has 0 fully saturated rings. The lowest BCUT2D eigenvalue weighted by Gasteiger charge is -2.24. The molecule has 1 atom stereocenters. The Bertz CT molecular complexity index is 474. The Morgan fingerprint density at radius 3 is 2.60 bits per heavy atom. The van der Waals surface area contributed by atoms with Crippen molar-refractivity contribution in [2.24, 2.45) is 11.7 Å². The minimum Gasteiger partial charge on any atom is -0.389 e. The zero-order valence-corrected chi connectivity index (χ0v) is 13.8. The van der Waals surface area contributed by atoms with Crippen molar-refractivity contribution in [3.63, 3.8) is 0 Å². The molecule has 0 aromatic carbocycles. The molecule has 1 rings (SSSR count). The SMILES string of the molecule is CCOCC(Nc1nc(C)cc(C)c1C(N)=S)C(C)C. The van der Waals surface area contributed by atoms with Crippen molar-refractivity contribution in [3.05, 3.63) is 22.9 Å². The van der Waals surface area contributed by atoms with Crippen LogP contribution in [0.3, 0.4) is 0 Å². The summed E-state index contributed by atoms with van der Waals surface area (Å²) < 4.78 is 5.54. The van der Waals surface area contributed by atoms with Crippen molar-refractivity contribution in [2.75, 3.05) is 18.5 Å². The molecule has 112 valence electrons. The first kappa shape index (κ1) is 16.9. The van der Waals surface area contributed by atoms with E-state index in [2.05, 4.69) is 24.1 Å². The number of ether oxygens (including phenoxy) is 1. The van der Waals surface area contributed by atoms with Crippen molar-refractivity contribution in [1.29, 1.82) is 0 Å². The van der Waals surface area contributed by atoms with Crippen LogP contribution in [-0.4, -0.2) is 29.2 Å². The number of pyridine rings is 1. The number of aromatic nitrogens is 1. The Morgan fingerprint density at radius 1 is 1.45 bits per heavy atom. The Morgan fingerprint density at radius 2 is 2.10 bits per heavy atom. The zero-order valence-electron chi connectivity index (χ0n) is 13.0. The van der Waals surface area contributed by atoms with Gasteiger partial charge in [0, 0.05) is 12.3 Å². The lowest BCUT2D eigenvalue weighted by Crippen LogP contribution is -2.32. The van der Waals surface area contributed by atoms with Gasteiger partial charge in [-0.25, -0.2) is 4.98 Å². The molecule has 5 heteroatoms. The summed E-state index contributed by atoms with van der Waals surface area (Å²) in [6.07, 6.45) is 0. The van der Waals surface area contributed by atoms with Crippen LogP contribution in [0.15, 0.2) is 6.07 Å². The van der Waals surface area contributed by atoms with E-state index in [1.165, 1.54) is 0 Å². The fraction of sp³-hybridized carbons (Fsp3) is 0.600. The summed E-state index contributed by atoms with van der Waals surface area (Å²) in [5.41, 5.74) is 8.66. The summed E-state index contributed by atoms with van der Waals surface area (Å²) in [5.74, 6) is 1.18. The van der Waals surface area contributed by atoms with Crippen molar-refractivity contribution in [2.45, 2.75) is 40.7 Å². The molecule has 1 heterocycles. The summed E-state index contributed by atoms with van der Waals surface area (Å²) in [4.78, 5) is 4.92. The third-order valence-electron chi connectivity index (χ3n) is 3.22. The van der Waals surface area contributed by atoms with Gasteiger partial charge in [0.15, 0.2) is 0 Å². The second-order valence-electron chi connectivity index (χ2n) is 5.32. The molecule has 0 amide bonds. The first-order valence-electron chi connectivity index (χ1n) is 6.99. The summed E-state index contributed by atoms with van der Waals surface area (Å²) >= 11 is 5.15. The van der Waals surface area contributed by atoms with Crippen molar-refractivity contribution in [3.8, 4) is 0 Å². The van der Waals surface area contributed by atoms with Crippen LogP contribution in [0, 0.1) is 19.8 Å². The number of nitrogens with zero attached hydrogens (tertiary/aromatic N) is 1. The van der Waals surface area contributed by atoms with E-state index in [4.69, 9.17) is 22.7 Å². The van der Waals surface area contributed by atoms with Gasteiger partial charge in [0.2, 0.25) is 0 Å². The third-order valence-corrected chi connectivity index (χ3v) is 3.42. The lowest BCUT2D eigenvalue weighted by molar-refractivity contribution is 0.126. The maximum Gasteiger partial charge on any atom is 0.137 e. The number of aryl methyl sites for hydroxylation is 2. The van der Waals surface area contributed by atoms with E-state index >= 15 is 0 Å². The van der Waals surface area contributed by atoms with Crippen LogP contribution in [0.5, 0.6) is 0 Å². The number of nitrogens with one attached hydrogen (secondary N) is 1. The first-order chi connectivity index (χ1) is 9.36. The summed E-state index contributed by atoms with van der Waals surface area (Å²) in [7, 11) is 0. The largest absolute Gasteiger partial charge is 0.389 e. The Labute approximate surface area is 127 Å². The van der Waals surface area contributed by atoms with Gasteiger partial charge >= 0.3 is 0 Å². The standard InChI is InChI=1S/C15H25N3OS/c1-6-19-8-12(9(2)3)18-15-13(14(16)20)10(4)7-11(5)17-15/h7,9,12H,6,8H2,1-5H3,(H2,16,20)(H,17,18). The van der Waals surface area contributed by atoms with Crippen LogP contribution in [0.25, 0.3) is 0 Å². The maximum absolute atomic E-state index is 5.84. The highest BCUT2D eigenvalue weighted by Gasteiger charge is 2.18. The molecule has 0 aliphatic carbocycles. The van der Waals surface area contributed by atoms with Gasteiger partial charge in [-0.2, -0.15) is 0 Å². The number of anilines is 1. The minimum absolute atomic E-state index is 0.178. The molecule has 0 saturated carbocycles. The fourth-order valence-corrected chi connectivity index (χ4v) is 2.33. The molecule has 3 N–H and O–H groups in total. The molecule has 0 aliphatic rings. The average Bonchev–Trinajstić information content (AvgIpc) is 2.32. The highest BCUT2D eigenvalue weighted by molar-refractivity contribution is 7.80. The fourth-order valence-electron chi connectivity index (χ4n) is 2.07. The molecular formula is C15H25N3OS. The molecule has 4 nitrogen and oxygen atoms in total. The van der Waals surface area contributed by atoms with E-state index < -0.39 is 0 Å². The summed E-state index contributed by atoms with van der Waals surface area (Å²) in [6.45, 7) is 11.6. The topological polar surface area (TPSA) is 60.2 Å². The lowest BCUT2D eigenvalue weighted by atomic mass is 10.0. The summed E-state index contributed by atoms with van der Waals surface area (Å²) in [6, 6.07) is 2.17. The van der Waals surface area contributed by atoms with Gasteiger partial charge in [0.1, 0.15) is 10.8 Å². The van der Waals surface area contributed by atoms with E-state index in [1.807, 2.05) is 26.8 Å². The second kappa shape index (κ2) is 7.55. The normalized spacial score (nSPS) is 12.5. The van der Waals surface area contributed by atoms with Crippen LogP contribution in [-0.2, 0) is 4.74 Å². The molecule has 0 bridgehead atoms. The van der Waals surface area contributed by atoms with Gasteiger partial charge in [-0.3, -0.25) is 0 Å². The average molecular weight is 295 g/mol. The predicted molar refractivity (Wildman–Crippen MR) is 88.3 cm³/mol. The monoisotopic (exact) mass is 295 g/mol. The van der Waals surface area contributed by atoms with Crippen LogP contribution in [0.2, 0.25) is 0 Å². The Balaban J connectivity index is 3.07. The summed E-state index contributed by atoms with van der Waals surface area (Å²) in [5, 5.41) is 3.44. The van der Waals surface area contributed by atoms with Crippen LogP contribution < -0.4 is 11.1 Å². The maximum atomic E-state index is 5.84. The zero-order chi connectivity index (χ0) is 15.3. The van der Waals surface area contributed by atoms with E-state index in [9.17, 15) is 0 Å². The van der Waals surface area contributed by atoms with Crippen molar-refractivity contribution < 1.29 is 4.74 Å². The highest BCUT2D eigenvalue weighted by Crippen LogP contribution is 2.21. The Kier molecular flexibility index (Phi) is 6.36. The van der Waals surface area contributed by atoms with Crippen molar-refractivity contribution >= 4 is 23.0 Å². The van der Waals surface area contributed by atoms with E-state index in [0.717, 1.165) is 22.6 Å². The van der Waals surface area contributed by atoms with E-state index in [1.54, 1.807) is 0 Å². The van der Waals surface area contributed by atoms with Gasteiger partial charge in [-0.05, 0) is 38.3 Å². The number of nitrogens with two attached hydrogens (primary N) is 1. The highest BCUT2D eigenvalue weighted by atomic mass is 32.1. The number of hydrogen-bond donors (Lipinski definition) is 2. The number of rotatable bonds is 7. The predicted octanol–water partition coefficient (Wildman–Crippen LogP) is 2.81. The van der Waals surface area contributed by atoms with Gasteiger partial charge in [-0.1, -0.05) is 26.1 Å². The number of hydrogen-bond acceptors (Lipinski definition) is 4. The third kappa shape index (κ3) is 4.42. The molecule has 20 heavy (non-hydrogen) atoms. The van der Waals surface area contributed by atoms with Crippen LogP contribution >= 0.6 is 12.2 Å². The first-order valence-corrected chi connectivity index (χ1v) is 7.40. The molecule has 0 saturated heterocycles. The van der Waals surface area contributed by atoms with Crippen LogP contribution in [0.1, 0.15) is 37.6 Å². The molecular weight excluding hydrogens is 270 g/mol. The van der Waals surface area contributed by atoms with Crippen molar-refractivity contribution in [1.82, 2.24) is 4.98 Å². The van der Waals surface area contributed by atoms with Gasteiger partial charge in [-0.15, -0.1) is 0 Å². The van der Waals surface area contributed by atoms with Gasteiger partial charge < -0.3 is 15.8 Å². The smallest absolute Gasteiger partial charge is 0.137 e. The van der Waals surface area contributed by atoms with E-state index in [0.29, 0.717) is 24.1 Å². The van der Waals surface area contributed by atoms with Crippen LogP contribution in [0.4, 0.5) is 5.82 Å². The molecule has 1 unspecified atom stereocenters. The molecule has 0 spiro atoms. The molecule has 1 aromatic rings. The van der Waals surface area contributed by atoms with E-state index in [-0.39, 0.29) is 6.04 Å². The quantitative estimate of drug-likeness (QED) is 0.758. The molecule has 0 aliphatic heterocycles. The molecule has 0 radical (unpaired) electrons. The molecule has 1 aromatic heterocycles. The van der Waals surface area contributed by atoms with Gasteiger partial charge in [0.05, 0.1) is 18.2 Å². The Hall–Kier alpha value is -1.20. The second-order valence-corrected chi connectivity index (χ2v) is 5.76.